The lowest BCUT2D eigenvalue weighted by molar-refractivity contribution is -0.145. The van der Waals surface area contributed by atoms with Crippen molar-refractivity contribution in [2.75, 3.05) is 11.5 Å². The van der Waals surface area contributed by atoms with Crippen molar-refractivity contribution in [1.29, 1.82) is 0 Å². The number of aliphatic carboxylic acids is 1. The lowest BCUT2D eigenvalue weighted by Gasteiger charge is -2.34. The van der Waals surface area contributed by atoms with Gasteiger partial charge in [0, 0.05) is 5.75 Å². The summed E-state index contributed by atoms with van der Waals surface area (Å²) in [4.78, 5) is 11.9. The summed E-state index contributed by atoms with van der Waals surface area (Å²) in [6.45, 7) is 0. The molecule has 1 saturated heterocycles. The number of hydrogen-bond donors (Lipinski definition) is 1. The first kappa shape index (κ1) is 14.8. The molecule has 1 aromatic rings. The van der Waals surface area contributed by atoms with Crippen molar-refractivity contribution in [3.8, 4) is 5.75 Å². The molecule has 114 valence electrons. The molecule has 0 aromatic heterocycles. The number of rotatable bonds is 4. The van der Waals surface area contributed by atoms with Crippen LogP contribution in [0.25, 0.3) is 0 Å². The minimum absolute atomic E-state index is 0.275. The number of ether oxygens (including phenoxy) is 1. The number of carboxylic acids is 1. The number of hydrogen-bond acceptors (Lipinski definition) is 3. The molecule has 4 heteroatoms. The van der Waals surface area contributed by atoms with Crippen molar-refractivity contribution in [3.05, 3.63) is 29.8 Å². The summed E-state index contributed by atoms with van der Waals surface area (Å²) < 4.78 is 6.02. The molecule has 2 fully saturated rings. The third-order valence-electron chi connectivity index (χ3n) is 4.69. The molecule has 0 radical (unpaired) electrons. The van der Waals surface area contributed by atoms with Crippen LogP contribution >= 0.6 is 11.8 Å². The van der Waals surface area contributed by atoms with Crippen LogP contribution in [0.3, 0.4) is 0 Å². The summed E-state index contributed by atoms with van der Waals surface area (Å²) in [6.07, 6.45) is 5.98. The quantitative estimate of drug-likeness (QED) is 0.917. The largest absolute Gasteiger partial charge is 0.490 e. The van der Waals surface area contributed by atoms with Crippen molar-refractivity contribution in [2.24, 2.45) is 0 Å². The molecule has 1 heterocycles. The first-order valence-corrected chi connectivity index (χ1v) is 8.94. The van der Waals surface area contributed by atoms with E-state index in [4.69, 9.17) is 4.74 Å². The average Bonchev–Trinajstić information content (AvgIpc) is 3.01. The van der Waals surface area contributed by atoms with Crippen LogP contribution in [0.1, 0.15) is 44.1 Å². The van der Waals surface area contributed by atoms with Crippen LogP contribution in [0.15, 0.2) is 24.3 Å². The maximum absolute atomic E-state index is 11.9. The Kier molecular flexibility index (Phi) is 4.43. The van der Waals surface area contributed by atoms with Crippen LogP contribution in [-0.2, 0) is 10.2 Å². The van der Waals surface area contributed by atoms with E-state index in [1.807, 2.05) is 36.0 Å². The lowest BCUT2D eigenvalue weighted by Crippen LogP contribution is -2.37. The molecule has 2 aliphatic rings. The summed E-state index contributed by atoms with van der Waals surface area (Å²) in [5.74, 6) is 2.33. The Morgan fingerprint density at radius 3 is 2.76 bits per heavy atom. The van der Waals surface area contributed by atoms with E-state index >= 15 is 0 Å². The Morgan fingerprint density at radius 1 is 1.29 bits per heavy atom. The predicted molar refractivity (Wildman–Crippen MR) is 85.2 cm³/mol. The molecule has 1 N–H and O–H groups in total. The molecule has 3 nitrogen and oxygen atoms in total. The molecular formula is C17H22O3S. The van der Waals surface area contributed by atoms with Gasteiger partial charge in [-0.15, -0.1) is 0 Å². The second-order valence-corrected chi connectivity index (χ2v) is 7.23. The average molecular weight is 306 g/mol. The molecule has 21 heavy (non-hydrogen) atoms. The van der Waals surface area contributed by atoms with Gasteiger partial charge in [0.15, 0.2) is 0 Å². The van der Waals surface area contributed by atoms with Crippen molar-refractivity contribution >= 4 is 17.7 Å². The van der Waals surface area contributed by atoms with Gasteiger partial charge >= 0.3 is 5.97 Å². The highest BCUT2D eigenvalue weighted by Crippen LogP contribution is 2.41. The summed E-state index contributed by atoms with van der Waals surface area (Å²) in [5.41, 5.74) is 0.208. The molecule has 0 bridgehead atoms. The van der Waals surface area contributed by atoms with Gasteiger partial charge in [-0.2, -0.15) is 11.8 Å². The second-order valence-electron chi connectivity index (χ2n) is 6.08. The van der Waals surface area contributed by atoms with Crippen LogP contribution in [0.4, 0.5) is 0 Å². The SMILES string of the molecule is O=C(O)C1(c2cccc(OC3CCSC3)c2)CCCCC1. The zero-order valence-electron chi connectivity index (χ0n) is 12.2. The smallest absolute Gasteiger partial charge is 0.314 e. The molecule has 1 saturated carbocycles. The zero-order valence-corrected chi connectivity index (χ0v) is 13.0. The Morgan fingerprint density at radius 2 is 2.10 bits per heavy atom. The summed E-state index contributed by atoms with van der Waals surface area (Å²) in [6, 6.07) is 7.80. The number of carboxylic acid groups (broad SMARTS) is 1. The van der Waals surface area contributed by atoms with Gasteiger partial charge in [0.2, 0.25) is 0 Å². The van der Waals surface area contributed by atoms with E-state index in [2.05, 4.69) is 0 Å². The molecule has 1 unspecified atom stereocenters. The van der Waals surface area contributed by atoms with Crippen molar-refractivity contribution in [2.45, 2.75) is 50.0 Å². The van der Waals surface area contributed by atoms with E-state index in [9.17, 15) is 9.90 Å². The standard InChI is InChI=1S/C17H22O3S/c18-16(19)17(8-2-1-3-9-17)13-5-4-6-14(11-13)20-15-7-10-21-12-15/h4-6,11,15H,1-3,7-10,12H2,(H,18,19). The number of carbonyl (C=O) groups is 1. The maximum atomic E-state index is 11.9. The fraction of sp³-hybridized carbons (Fsp3) is 0.588. The van der Waals surface area contributed by atoms with E-state index in [0.717, 1.165) is 61.3 Å². The van der Waals surface area contributed by atoms with Gasteiger partial charge in [0.05, 0.1) is 5.41 Å². The van der Waals surface area contributed by atoms with Gasteiger partial charge in [0.1, 0.15) is 11.9 Å². The van der Waals surface area contributed by atoms with Gasteiger partial charge in [-0.1, -0.05) is 31.4 Å². The summed E-state index contributed by atoms with van der Waals surface area (Å²) in [7, 11) is 0. The molecule has 3 rings (SSSR count). The fourth-order valence-electron chi connectivity index (χ4n) is 3.45. The van der Waals surface area contributed by atoms with Gasteiger partial charge in [-0.25, -0.2) is 0 Å². The Labute approximate surface area is 130 Å². The Balaban J connectivity index is 1.84. The number of thioether (sulfide) groups is 1. The van der Waals surface area contributed by atoms with Crippen LogP contribution in [-0.4, -0.2) is 28.7 Å². The molecule has 1 atom stereocenters. The minimum Gasteiger partial charge on any atom is -0.490 e. The zero-order chi connectivity index (χ0) is 14.7. The molecule has 0 spiro atoms. The molecule has 1 aliphatic carbocycles. The normalized spacial score (nSPS) is 24.7. The summed E-state index contributed by atoms with van der Waals surface area (Å²) >= 11 is 1.92. The van der Waals surface area contributed by atoms with E-state index in [0.29, 0.717) is 0 Å². The van der Waals surface area contributed by atoms with Crippen LogP contribution in [0.2, 0.25) is 0 Å². The van der Waals surface area contributed by atoms with E-state index < -0.39 is 11.4 Å². The van der Waals surface area contributed by atoms with Gasteiger partial charge in [-0.05, 0) is 42.7 Å². The minimum atomic E-state index is -0.706. The molecular weight excluding hydrogens is 284 g/mol. The van der Waals surface area contributed by atoms with Gasteiger partial charge in [0.25, 0.3) is 0 Å². The van der Waals surface area contributed by atoms with Crippen molar-refractivity contribution in [3.63, 3.8) is 0 Å². The fourth-order valence-corrected chi connectivity index (χ4v) is 4.54. The second kappa shape index (κ2) is 6.30. The van der Waals surface area contributed by atoms with Crippen LogP contribution in [0.5, 0.6) is 5.75 Å². The third kappa shape index (κ3) is 3.05. The third-order valence-corrected chi connectivity index (χ3v) is 5.83. The predicted octanol–water partition coefficient (Wildman–Crippen LogP) is 3.86. The highest BCUT2D eigenvalue weighted by Gasteiger charge is 2.41. The molecule has 0 amide bonds. The van der Waals surface area contributed by atoms with Crippen molar-refractivity contribution < 1.29 is 14.6 Å². The van der Waals surface area contributed by atoms with Crippen LogP contribution in [0, 0.1) is 0 Å². The van der Waals surface area contributed by atoms with E-state index in [1.165, 1.54) is 0 Å². The Hall–Kier alpha value is -1.16. The number of benzene rings is 1. The first-order chi connectivity index (χ1) is 10.2. The highest BCUT2D eigenvalue weighted by atomic mass is 32.2. The summed E-state index contributed by atoms with van der Waals surface area (Å²) in [5, 5.41) is 9.77. The Bertz CT molecular complexity index is 503. The lowest BCUT2D eigenvalue weighted by atomic mass is 9.69. The molecule has 1 aliphatic heterocycles. The van der Waals surface area contributed by atoms with Crippen LogP contribution < -0.4 is 4.74 Å². The van der Waals surface area contributed by atoms with Gasteiger partial charge < -0.3 is 9.84 Å². The van der Waals surface area contributed by atoms with Crippen molar-refractivity contribution in [1.82, 2.24) is 0 Å². The van der Waals surface area contributed by atoms with E-state index in [1.54, 1.807) is 0 Å². The topological polar surface area (TPSA) is 46.5 Å². The molecule has 1 aromatic carbocycles. The van der Waals surface area contributed by atoms with Gasteiger partial charge in [-0.3, -0.25) is 4.79 Å². The first-order valence-electron chi connectivity index (χ1n) is 7.79. The maximum Gasteiger partial charge on any atom is 0.314 e. The monoisotopic (exact) mass is 306 g/mol. The van der Waals surface area contributed by atoms with E-state index in [-0.39, 0.29) is 6.10 Å². The highest BCUT2D eigenvalue weighted by molar-refractivity contribution is 7.99.